The Morgan fingerprint density at radius 3 is 1.93 bits per heavy atom. The van der Waals surface area contributed by atoms with Crippen molar-refractivity contribution in [3.8, 4) is 0 Å². The van der Waals surface area contributed by atoms with Crippen LogP contribution in [0.15, 0.2) is 0 Å². The van der Waals surface area contributed by atoms with Crippen molar-refractivity contribution in [2.45, 2.75) is 44.6 Å². The van der Waals surface area contributed by atoms with Gasteiger partial charge in [0.25, 0.3) is 0 Å². The van der Waals surface area contributed by atoms with Crippen molar-refractivity contribution >= 4 is 28.1 Å². The third-order valence-electron chi connectivity index (χ3n) is 2.12. The summed E-state index contributed by atoms with van der Waals surface area (Å²) in [6.45, 7) is 4.56. The fourth-order valence-corrected chi connectivity index (χ4v) is 1.19. The minimum absolute atomic E-state index is 1.00. The van der Waals surface area contributed by atoms with Gasteiger partial charge >= 0.3 is 78.7 Å². The third-order valence-corrected chi connectivity index (χ3v) is 2.12. The average Bonchev–Trinajstić information content (AvgIpc) is 2.04. The SMILES string of the molecule is O=S(=O)(O)O.[Li][CH2]C(CC)CCCC. The molecule has 2 N–H and O–H groups in total. The Balaban J connectivity index is 0. The molecule has 6 heteroatoms. The normalized spacial score (nSPS) is 13.0. The Morgan fingerprint density at radius 1 is 1.29 bits per heavy atom. The summed E-state index contributed by atoms with van der Waals surface area (Å²) in [6, 6.07) is 0. The Labute approximate surface area is 96.3 Å². The van der Waals surface area contributed by atoms with Crippen LogP contribution in [0.4, 0.5) is 0 Å². The third kappa shape index (κ3) is 22.9. The molecule has 0 aromatic carbocycles. The van der Waals surface area contributed by atoms with Gasteiger partial charge in [0.15, 0.2) is 0 Å². The van der Waals surface area contributed by atoms with Gasteiger partial charge in [-0.05, 0) is 0 Å². The fourth-order valence-electron chi connectivity index (χ4n) is 1.19. The predicted octanol–water partition coefficient (Wildman–Crippen LogP) is 2.14. The molecule has 1 atom stereocenters. The Morgan fingerprint density at radius 2 is 1.71 bits per heavy atom. The van der Waals surface area contributed by atoms with E-state index in [0.717, 1.165) is 5.92 Å². The molecule has 1 unspecified atom stereocenters. The molecule has 14 heavy (non-hydrogen) atoms. The van der Waals surface area contributed by atoms with Gasteiger partial charge < -0.3 is 0 Å². The predicted molar refractivity (Wildman–Crippen MR) is 58.0 cm³/mol. The van der Waals surface area contributed by atoms with Crippen molar-refractivity contribution in [3.63, 3.8) is 0 Å². The maximum absolute atomic E-state index is 8.74. The molecule has 0 aliphatic rings. The summed E-state index contributed by atoms with van der Waals surface area (Å²) in [6.07, 6.45) is 5.60. The van der Waals surface area contributed by atoms with E-state index in [0.29, 0.717) is 0 Å². The van der Waals surface area contributed by atoms with Crippen LogP contribution in [0.2, 0.25) is 5.09 Å². The summed E-state index contributed by atoms with van der Waals surface area (Å²) >= 11 is 2.30. The van der Waals surface area contributed by atoms with E-state index < -0.39 is 10.4 Å². The molecule has 82 valence electrons. The van der Waals surface area contributed by atoms with Crippen LogP contribution in [0.3, 0.4) is 0 Å². The number of hydrogen-bond donors (Lipinski definition) is 2. The molecule has 4 nitrogen and oxygen atoms in total. The van der Waals surface area contributed by atoms with Crippen LogP contribution in [0, 0.1) is 5.92 Å². The molecule has 0 saturated heterocycles. The molecule has 0 aromatic rings. The van der Waals surface area contributed by atoms with Crippen molar-refractivity contribution in [3.05, 3.63) is 0 Å². The van der Waals surface area contributed by atoms with Gasteiger partial charge in [0.05, 0.1) is 0 Å². The molecule has 0 radical (unpaired) electrons. The van der Waals surface area contributed by atoms with Crippen molar-refractivity contribution in [1.82, 2.24) is 0 Å². The molecule has 0 spiro atoms. The molecular formula is C8H19LiO4S. The summed E-state index contributed by atoms with van der Waals surface area (Å²) < 4.78 is 31.6. The second-order valence-electron chi connectivity index (χ2n) is 3.27. The van der Waals surface area contributed by atoms with Gasteiger partial charge in [0.1, 0.15) is 0 Å². The molecule has 0 bridgehead atoms. The fraction of sp³-hybridized carbons (Fsp3) is 1.00. The second-order valence-corrected chi connectivity index (χ2v) is 4.17. The van der Waals surface area contributed by atoms with Gasteiger partial charge in [0.2, 0.25) is 0 Å². The summed E-state index contributed by atoms with van der Waals surface area (Å²) in [4.78, 5) is 0. The Kier molecular flexibility index (Phi) is 12.1. The molecule has 0 fully saturated rings. The van der Waals surface area contributed by atoms with E-state index in [9.17, 15) is 0 Å². The minimum atomic E-state index is -4.67. The van der Waals surface area contributed by atoms with Crippen LogP contribution in [0.5, 0.6) is 0 Å². The van der Waals surface area contributed by atoms with Crippen LogP contribution in [-0.4, -0.2) is 35.2 Å². The maximum atomic E-state index is 8.74. The molecule has 0 aliphatic carbocycles. The average molecular weight is 218 g/mol. The number of unbranched alkanes of at least 4 members (excludes halogenated alkanes) is 1. The first-order valence-electron chi connectivity index (χ1n) is 5.04. The van der Waals surface area contributed by atoms with E-state index in [1.165, 1.54) is 30.8 Å². The van der Waals surface area contributed by atoms with E-state index in [1.807, 2.05) is 0 Å². The van der Waals surface area contributed by atoms with E-state index in [-0.39, 0.29) is 0 Å². The van der Waals surface area contributed by atoms with Gasteiger partial charge in [-0.2, -0.15) is 8.42 Å². The Bertz CT molecular complexity index is 191. The standard InChI is InChI=1S/C8H17.Li.H2O4S/c1-4-6-7-8(3)5-2;;1-5(2,3)4/h8H,3-7H2,1-2H3;;(H2,1,2,3,4). The monoisotopic (exact) mass is 218 g/mol. The van der Waals surface area contributed by atoms with Crippen LogP contribution in [-0.2, 0) is 10.4 Å². The Hall–Kier alpha value is 0.467. The van der Waals surface area contributed by atoms with Crippen LogP contribution >= 0.6 is 0 Å². The van der Waals surface area contributed by atoms with E-state index in [4.69, 9.17) is 17.5 Å². The molecule has 0 heterocycles. The van der Waals surface area contributed by atoms with Crippen molar-refractivity contribution in [1.29, 1.82) is 0 Å². The van der Waals surface area contributed by atoms with E-state index in [2.05, 4.69) is 31.6 Å². The van der Waals surface area contributed by atoms with Gasteiger partial charge in [0, 0.05) is 0 Å². The van der Waals surface area contributed by atoms with Gasteiger partial charge in [-0.15, -0.1) is 0 Å². The van der Waals surface area contributed by atoms with Gasteiger partial charge in [-0.3, -0.25) is 9.11 Å². The topological polar surface area (TPSA) is 74.6 Å². The molecule has 0 amide bonds. The summed E-state index contributed by atoms with van der Waals surface area (Å²) in [7, 11) is -4.67. The first kappa shape index (κ1) is 16.9. The van der Waals surface area contributed by atoms with Crippen LogP contribution < -0.4 is 0 Å². The quantitative estimate of drug-likeness (QED) is 0.547. The number of rotatable bonds is 5. The summed E-state index contributed by atoms with van der Waals surface area (Å²) in [5.41, 5.74) is 0. The molecule has 0 saturated carbocycles. The zero-order valence-electron chi connectivity index (χ0n) is 9.23. The van der Waals surface area contributed by atoms with Crippen molar-refractivity contribution < 1.29 is 17.5 Å². The number of hydrogen-bond acceptors (Lipinski definition) is 2. The van der Waals surface area contributed by atoms with Gasteiger partial charge in [-0.1, -0.05) is 0 Å². The summed E-state index contributed by atoms with van der Waals surface area (Å²) in [5.74, 6) is 1.00. The first-order valence-corrected chi connectivity index (χ1v) is 6.44. The molecule has 0 rings (SSSR count). The summed E-state index contributed by atoms with van der Waals surface area (Å²) in [5, 5.41) is 1.37. The molecule has 0 aromatic heterocycles. The van der Waals surface area contributed by atoms with Crippen LogP contribution in [0.1, 0.15) is 39.5 Å². The van der Waals surface area contributed by atoms with Crippen LogP contribution in [0.25, 0.3) is 0 Å². The van der Waals surface area contributed by atoms with Crippen molar-refractivity contribution in [2.24, 2.45) is 5.92 Å². The van der Waals surface area contributed by atoms with Crippen molar-refractivity contribution in [2.75, 3.05) is 0 Å². The molecule has 0 aliphatic heterocycles. The molecular weight excluding hydrogens is 199 g/mol. The zero-order chi connectivity index (χ0) is 11.6. The van der Waals surface area contributed by atoms with E-state index >= 15 is 0 Å². The second kappa shape index (κ2) is 10.0. The first-order chi connectivity index (χ1) is 6.35. The zero-order valence-corrected chi connectivity index (χ0v) is 10.0. The van der Waals surface area contributed by atoms with E-state index in [1.54, 1.807) is 0 Å². The van der Waals surface area contributed by atoms with Gasteiger partial charge in [-0.25, -0.2) is 0 Å².